The van der Waals surface area contributed by atoms with Crippen molar-refractivity contribution in [2.75, 3.05) is 34.0 Å². The number of aliphatic carboxylic acids is 1. The van der Waals surface area contributed by atoms with E-state index in [-0.39, 0.29) is 25.6 Å². The van der Waals surface area contributed by atoms with Gasteiger partial charge < -0.3 is 30.0 Å². The van der Waals surface area contributed by atoms with E-state index in [9.17, 15) is 19.5 Å². The smallest absolute Gasteiger partial charge is 0.407 e. The summed E-state index contributed by atoms with van der Waals surface area (Å²) < 4.78 is 15.4. The first-order valence-corrected chi connectivity index (χ1v) is 11.1. The molecule has 2 unspecified atom stereocenters. The van der Waals surface area contributed by atoms with E-state index in [2.05, 4.69) is 10.6 Å². The molecule has 0 radical (unpaired) electrons. The van der Waals surface area contributed by atoms with Crippen molar-refractivity contribution in [3.63, 3.8) is 0 Å². The maximum absolute atomic E-state index is 12.6. The third-order valence-corrected chi connectivity index (χ3v) is 5.74. The molecule has 9 nitrogen and oxygen atoms in total. The lowest BCUT2D eigenvalue weighted by Crippen LogP contribution is -2.53. The third-order valence-electron chi connectivity index (χ3n) is 5.74. The van der Waals surface area contributed by atoms with Gasteiger partial charge in [0.1, 0.15) is 18.7 Å². The van der Waals surface area contributed by atoms with Gasteiger partial charge in [-0.2, -0.15) is 0 Å². The van der Waals surface area contributed by atoms with Gasteiger partial charge >= 0.3 is 12.1 Å². The van der Waals surface area contributed by atoms with Crippen molar-refractivity contribution in [1.29, 1.82) is 0 Å². The maximum Gasteiger partial charge on any atom is 0.407 e. The van der Waals surface area contributed by atoms with Crippen molar-refractivity contribution in [3.05, 3.63) is 59.7 Å². The number of alkyl carbamates (subject to hydrolysis) is 1. The zero-order chi connectivity index (χ0) is 24.5. The molecular weight excluding hydrogens is 440 g/mol. The zero-order valence-corrected chi connectivity index (χ0v) is 19.3. The molecule has 3 N–H and O–H groups in total. The fraction of sp³-hybridized carbons (Fsp3) is 0.400. The fourth-order valence-electron chi connectivity index (χ4n) is 4.09. The molecule has 9 heteroatoms. The van der Waals surface area contributed by atoms with E-state index in [0.29, 0.717) is 13.0 Å². The zero-order valence-electron chi connectivity index (χ0n) is 19.3. The molecule has 0 saturated carbocycles. The maximum atomic E-state index is 12.6. The first-order valence-electron chi connectivity index (χ1n) is 11.1. The predicted molar refractivity (Wildman–Crippen MR) is 125 cm³/mol. The number of carboxylic acids is 1. The van der Waals surface area contributed by atoms with E-state index in [1.807, 2.05) is 48.5 Å². The number of rotatable bonds is 12. The van der Waals surface area contributed by atoms with E-state index < -0.39 is 30.1 Å². The second-order valence-corrected chi connectivity index (χ2v) is 8.01. The molecule has 1 aliphatic carbocycles. The second kappa shape index (κ2) is 12.2. The molecule has 0 aliphatic heterocycles. The van der Waals surface area contributed by atoms with E-state index in [1.54, 1.807) is 0 Å². The molecule has 0 saturated heterocycles. The number of ether oxygens (including phenoxy) is 3. The lowest BCUT2D eigenvalue weighted by molar-refractivity contribution is -0.142. The lowest BCUT2D eigenvalue weighted by atomic mass is 9.98. The second-order valence-electron chi connectivity index (χ2n) is 8.01. The lowest BCUT2D eigenvalue weighted by Gasteiger charge is -2.21. The molecule has 2 atom stereocenters. The van der Waals surface area contributed by atoms with Crippen molar-refractivity contribution in [2.24, 2.45) is 0 Å². The Balaban J connectivity index is 1.61. The third kappa shape index (κ3) is 6.12. The summed E-state index contributed by atoms with van der Waals surface area (Å²) in [6.45, 7) is 0.329. The average molecular weight is 471 g/mol. The first kappa shape index (κ1) is 25.2. The molecule has 1 aliphatic rings. The van der Waals surface area contributed by atoms with Crippen molar-refractivity contribution in [1.82, 2.24) is 10.6 Å². The van der Waals surface area contributed by atoms with Crippen molar-refractivity contribution < 1.29 is 33.7 Å². The van der Waals surface area contributed by atoms with Crippen LogP contribution < -0.4 is 10.6 Å². The number of carbonyl (C=O) groups is 3. The number of carboxylic acid groups (broad SMARTS) is 1. The van der Waals surface area contributed by atoms with E-state index in [1.165, 1.54) is 14.2 Å². The summed E-state index contributed by atoms with van der Waals surface area (Å²) >= 11 is 0. The highest BCUT2D eigenvalue weighted by molar-refractivity contribution is 5.89. The number of methoxy groups -OCH3 is 2. The standard InChI is InChI=1S/C25H30N2O7/c1-32-13-7-12-21(24(29)30)26-23(28)22(15-33-2)27-25(31)34-14-20-18-10-5-3-8-16(18)17-9-4-6-11-19(17)20/h3-6,8-11,20-22H,7,12-15H2,1-2H3,(H,26,28)(H,27,31)(H,29,30). The van der Waals surface area contributed by atoms with E-state index in [0.717, 1.165) is 22.3 Å². The summed E-state index contributed by atoms with van der Waals surface area (Å²) in [7, 11) is 2.90. The molecule has 0 fully saturated rings. The Morgan fingerprint density at radius 2 is 1.53 bits per heavy atom. The van der Waals surface area contributed by atoms with Crippen LogP contribution in [-0.2, 0) is 23.8 Å². The number of carbonyl (C=O) groups excluding carboxylic acids is 2. The molecule has 2 aromatic carbocycles. The molecule has 3 rings (SSSR count). The Hall–Kier alpha value is -3.43. The highest BCUT2D eigenvalue weighted by Crippen LogP contribution is 2.44. The van der Waals surface area contributed by atoms with Crippen molar-refractivity contribution in [3.8, 4) is 11.1 Å². The number of fused-ring (bicyclic) bond motifs is 3. The molecule has 0 spiro atoms. The number of nitrogens with one attached hydrogen (secondary N) is 2. The quantitative estimate of drug-likeness (QED) is 0.407. The minimum atomic E-state index is -1.17. The van der Waals surface area contributed by atoms with Crippen LogP contribution >= 0.6 is 0 Å². The van der Waals surface area contributed by atoms with Gasteiger partial charge in [0, 0.05) is 26.7 Å². The molecule has 0 aromatic heterocycles. The van der Waals surface area contributed by atoms with Gasteiger partial charge in [-0.05, 0) is 35.1 Å². The molecular formula is C25H30N2O7. The number of hydrogen-bond donors (Lipinski definition) is 3. The summed E-state index contributed by atoms with van der Waals surface area (Å²) in [4.78, 5) is 36.7. The molecule has 182 valence electrons. The van der Waals surface area contributed by atoms with Crippen LogP contribution in [0.1, 0.15) is 29.9 Å². The Kier molecular flexibility index (Phi) is 9.00. The van der Waals surface area contributed by atoms with Gasteiger partial charge in [-0.25, -0.2) is 9.59 Å². The predicted octanol–water partition coefficient (Wildman–Crippen LogP) is 2.54. The van der Waals surface area contributed by atoms with E-state index in [4.69, 9.17) is 14.2 Å². The summed E-state index contributed by atoms with van der Waals surface area (Å²) in [6, 6.07) is 13.7. The highest BCUT2D eigenvalue weighted by Gasteiger charge is 2.30. The van der Waals surface area contributed by atoms with Gasteiger partial charge in [-0.1, -0.05) is 48.5 Å². The average Bonchev–Trinajstić information content (AvgIpc) is 3.15. The Morgan fingerprint density at radius 1 is 0.912 bits per heavy atom. The SMILES string of the molecule is COCCCC(NC(=O)C(COC)NC(=O)OCC1c2ccccc2-c2ccccc21)C(=O)O. The van der Waals surface area contributed by atoms with Crippen LogP contribution in [-0.4, -0.2) is 69.2 Å². The van der Waals surface area contributed by atoms with E-state index >= 15 is 0 Å². The topological polar surface area (TPSA) is 123 Å². The van der Waals surface area contributed by atoms with Crippen LogP contribution in [0.3, 0.4) is 0 Å². The largest absolute Gasteiger partial charge is 0.480 e. The van der Waals surface area contributed by atoms with Crippen LogP contribution in [0, 0.1) is 0 Å². The summed E-state index contributed by atoms with van der Waals surface area (Å²) in [5.41, 5.74) is 4.36. The van der Waals surface area contributed by atoms with Crippen LogP contribution in [0.4, 0.5) is 4.79 Å². The molecule has 2 aromatic rings. The minimum absolute atomic E-state index is 0.0932. The molecule has 0 heterocycles. The Labute approximate surface area is 198 Å². The van der Waals surface area contributed by atoms with Gasteiger partial charge in [0.25, 0.3) is 0 Å². The monoisotopic (exact) mass is 470 g/mol. The summed E-state index contributed by atoms with van der Waals surface area (Å²) in [5, 5.41) is 14.3. The molecule has 2 amide bonds. The fourth-order valence-corrected chi connectivity index (χ4v) is 4.09. The number of benzene rings is 2. The first-order chi connectivity index (χ1) is 16.5. The van der Waals surface area contributed by atoms with Gasteiger partial charge in [0.05, 0.1) is 6.61 Å². The van der Waals surface area contributed by atoms with Gasteiger partial charge in [0.2, 0.25) is 5.91 Å². The minimum Gasteiger partial charge on any atom is -0.480 e. The van der Waals surface area contributed by atoms with Crippen molar-refractivity contribution >= 4 is 18.0 Å². The molecule has 34 heavy (non-hydrogen) atoms. The number of hydrogen-bond acceptors (Lipinski definition) is 6. The normalized spacial score (nSPS) is 13.9. The summed E-state index contributed by atoms with van der Waals surface area (Å²) in [6.07, 6.45) is -0.132. The number of amides is 2. The van der Waals surface area contributed by atoms with Crippen LogP contribution in [0.2, 0.25) is 0 Å². The Bertz CT molecular complexity index is 965. The molecule has 0 bridgehead atoms. The van der Waals surface area contributed by atoms with Crippen LogP contribution in [0.5, 0.6) is 0 Å². The van der Waals surface area contributed by atoms with Gasteiger partial charge in [-0.15, -0.1) is 0 Å². The van der Waals surface area contributed by atoms with Gasteiger partial charge in [0.15, 0.2) is 0 Å². The van der Waals surface area contributed by atoms with Crippen molar-refractivity contribution in [2.45, 2.75) is 30.8 Å². The van der Waals surface area contributed by atoms with Crippen LogP contribution in [0.25, 0.3) is 11.1 Å². The summed E-state index contributed by atoms with van der Waals surface area (Å²) in [5.74, 6) is -1.95. The highest BCUT2D eigenvalue weighted by atomic mass is 16.5. The van der Waals surface area contributed by atoms with Gasteiger partial charge in [-0.3, -0.25) is 4.79 Å². The van der Waals surface area contributed by atoms with Crippen LogP contribution in [0.15, 0.2) is 48.5 Å². The Morgan fingerprint density at radius 3 is 2.09 bits per heavy atom.